The van der Waals surface area contributed by atoms with Gasteiger partial charge in [0.25, 0.3) is 0 Å². The average Bonchev–Trinajstić information content (AvgIpc) is 2.27. The van der Waals surface area contributed by atoms with Crippen molar-refractivity contribution in [2.45, 2.75) is 25.0 Å². The van der Waals surface area contributed by atoms with Crippen molar-refractivity contribution in [2.75, 3.05) is 32.8 Å². The standard InChI is InChI=1S/C11H19N3O4/c12-11(16)18-8-1-3-14(4-2-8)10(15)7-17-9-5-13-6-9/h8-9,13H,1-7H2,(H2,12,16). The number of nitrogens with two attached hydrogens (primary N) is 1. The molecular formula is C11H19N3O4. The highest BCUT2D eigenvalue weighted by Crippen LogP contribution is 2.14. The molecule has 0 spiro atoms. The van der Waals surface area contributed by atoms with E-state index in [0.717, 1.165) is 13.1 Å². The minimum absolute atomic E-state index is 0.000532. The second-order valence-corrected chi connectivity index (χ2v) is 4.61. The van der Waals surface area contributed by atoms with Crippen molar-refractivity contribution in [3.05, 3.63) is 0 Å². The molecule has 0 aromatic heterocycles. The summed E-state index contributed by atoms with van der Waals surface area (Å²) in [4.78, 5) is 24.2. The predicted molar refractivity (Wildman–Crippen MR) is 62.9 cm³/mol. The molecule has 3 N–H and O–H groups in total. The summed E-state index contributed by atoms with van der Waals surface area (Å²) in [5.74, 6) is -0.000532. The zero-order chi connectivity index (χ0) is 13.0. The number of primary amides is 1. The number of piperidine rings is 1. The first-order valence-corrected chi connectivity index (χ1v) is 6.21. The lowest BCUT2D eigenvalue weighted by atomic mass is 10.1. The van der Waals surface area contributed by atoms with E-state index in [1.54, 1.807) is 4.90 Å². The maximum atomic E-state index is 11.8. The summed E-state index contributed by atoms with van der Waals surface area (Å²) in [6.45, 7) is 2.95. The van der Waals surface area contributed by atoms with E-state index in [0.29, 0.717) is 25.9 Å². The summed E-state index contributed by atoms with van der Waals surface area (Å²) < 4.78 is 10.3. The fourth-order valence-electron chi connectivity index (χ4n) is 2.05. The molecule has 18 heavy (non-hydrogen) atoms. The van der Waals surface area contributed by atoms with Crippen LogP contribution in [-0.4, -0.2) is 61.9 Å². The third kappa shape index (κ3) is 3.58. The van der Waals surface area contributed by atoms with Gasteiger partial charge in [0, 0.05) is 39.0 Å². The molecular weight excluding hydrogens is 238 g/mol. The molecule has 7 heteroatoms. The number of likely N-dealkylation sites (tertiary alicyclic amines) is 1. The molecule has 2 heterocycles. The number of hydrogen-bond acceptors (Lipinski definition) is 5. The van der Waals surface area contributed by atoms with E-state index < -0.39 is 6.09 Å². The molecule has 0 atom stereocenters. The van der Waals surface area contributed by atoms with Crippen molar-refractivity contribution >= 4 is 12.0 Å². The van der Waals surface area contributed by atoms with Crippen molar-refractivity contribution < 1.29 is 19.1 Å². The Kier molecular flexibility index (Phi) is 4.38. The molecule has 0 aromatic carbocycles. The Balaban J connectivity index is 1.65. The van der Waals surface area contributed by atoms with Gasteiger partial charge in [-0.15, -0.1) is 0 Å². The summed E-state index contributed by atoms with van der Waals surface area (Å²) in [5, 5.41) is 3.08. The Morgan fingerprint density at radius 1 is 1.22 bits per heavy atom. The maximum Gasteiger partial charge on any atom is 0.404 e. The Hall–Kier alpha value is -1.34. The number of ether oxygens (including phenoxy) is 2. The van der Waals surface area contributed by atoms with Gasteiger partial charge in [0.15, 0.2) is 0 Å². The van der Waals surface area contributed by atoms with Crippen LogP contribution in [-0.2, 0) is 14.3 Å². The molecule has 2 amide bonds. The summed E-state index contributed by atoms with van der Waals surface area (Å²) in [6.07, 6.45) is 0.535. The highest BCUT2D eigenvalue weighted by atomic mass is 16.6. The van der Waals surface area contributed by atoms with Gasteiger partial charge in [0.05, 0.1) is 6.10 Å². The van der Waals surface area contributed by atoms with E-state index in [9.17, 15) is 9.59 Å². The third-order valence-corrected chi connectivity index (χ3v) is 3.26. The first-order chi connectivity index (χ1) is 8.65. The number of rotatable bonds is 4. The average molecular weight is 257 g/mol. The fourth-order valence-corrected chi connectivity index (χ4v) is 2.05. The highest BCUT2D eigenvalue weighted by molar-refractivity contribution is 5.77. The SMILES string of the molecule is NC(=O)OC1CCN(C(=O)COC2CNC2)CC1. The minimum Gasteiger partial charge on any atom is -0.446 e. The van der Waals surface area contributed by atoms with Crippen LogP contribution < -0.4 is 11.1 Å². The lowest BCUT2D eigenvalue weighted by Gasteiger charge is -2.32. The molecule has 102 valence electrons. The highest BCUT2D eigenvalue weighted by Gasteiger charge is 2.26. The molecule has 7 nitrogen and oxygen atoms in total. The van der Waals surface area contributed by atoms with Crippen LogP contribution in [0.3, 0.4) is 0 Å². The molecule has 2 saturated heterocycles. The van der Waals surface area contributed by atoms with Crippen LogP contribution in [0.5, 0.6) is 0 Å². The summed E-state index contributed by atoms with van der Waals surface area (Å²) in [5.41, 5.74) is 4.95. The van der Waals surface area contributed by atoms with Gasteiger partial charge in [-0.25, -0.2) is 4.79 Å². The summed E-state index contributed by atoms with van der Waals surface area (Å²) in [7, 11) is 0. The Morgan fingerprint density at radius 3 is 2.39 bits per heavy atom. The van der Waals surface area contributed by atoms with E-state index in [4.69, 9.17) is 15.2 Å². The van der Waals surface area contributed by atoms with E-state index >= 15 is 0 Å². The Labute approximate surface area is 106 Å². The van der Waals surface area contributed by atoms with Crippen LogP contribution in [0.25, 0.3) is 0 Å². The molecule has 0 unspecified atom stereocenters. The molecule has 2 fully saturated rings. The van der Waals surface area contributed by atoms with Crippen molar-refractivity contribution in [3.8, 4) is 0 Å². The van der Waals surface area contributed by atoms with Crippen LogP contribution in [0.2, 0.25) is 0 Å². The zero-order valence-corrected chi connectivity index (χ0v) is 10.3. The van der Waals surface area contributed by atoms with Crippen LogP contribution in [0.15, 0.2) is 0 Å². The van der Waals surface area contributed by atoms with Crippen LogP contribution in [0.1, 0.15) is 12.8 Å². The first kappa shape index (κ1) is 13.1. The molecule has 2 aliphatic rings. The number of nitrogens with one attached hydrogen (secondary N) is 1. The molecule has 2 aliphatic heterocycles. The van der Waals surface area contributed by atoms with Gasteiger partial charge in [-0.05, 0) is 0 Å². The lowest BCUT2D eigenvalue weighted by molar-refractivity contribution is -0.141. The molecule has 0 aromatic rings. The summed E-state index contributed by atoms with van der Waals surface area (Å²) >= 11 is 0. The van der Waals surface area contributed by atoms with Gasteiger partial charge in [-0.2, -0.15) is 0 Å². The van der Waals surface area contributed by atoms with E-state index in [1.807, 2.05) is 0 Å². The van der Waals surface area contributed by atoms with Gasteiger partial charge < -0.3 is 25.4 Å². The Morgan fingerprint density at radius 2 is 1.89 bits per heavy atom. The fraction of sp³-hybridized carbons (Fsp3) is 0.818. The quantitative estimate of drug-likeness (QED) is 0.678. The molecule has 0 saturated carbocycles. The zero-order valence-electron chi connectivity index (χ0n) is 10.3. The molecule has 0 radical (unpaired) electrons. The normalized spacial score (nSPS) is 21.4. The predicted octanol–water partition coefficient (Wildman–Crippen LogP) is -0.939. The van der Waals surface area contributed by atoms with Crippen molar-refractivity contribution in [1.82, 2.24) is 10.2 Å². The molecule has 2 rings (SSSR count). The smallest absolute Gasteiger partial charge is 0.404 e. The van der Waals surface area contributed by atoms with Crippen molar-refractivity contribution in [1.29, 1.82) is 0 Å². The largest absolute Gasteiger partial charge is 0.446 e. The number of nitrogens with zero attached hydrogens (tertiary/aromatic N) is 1. The second kappa shape index (κ2) is 6.01. The number of hydrogen-bond donors (Lipinski definition) is 2. The van der Waals surface area contributed by atoms with Gasteiger partial charge in [0.1, 0.15) is 12.7 Å². The van der Waals surface area contributed by atoms with Crippen LogP contribution in [0, 0.1) is 0 Å². The van der Waals surface area contributed by atoms with Gasteiger partial charge in [-0.3, -0.25) is 4.79 Å². The van der Waals surface area contributed by atoms with Gasteiger partial charge >= 0.3 is 6.09 Å². The van der Waals surface area contributed by atoms with Crippen LogP contribution >= 0.6 is 0 Å². The monoisotopic (exact) mass is 257 g/mol. The second-order valence-electron chi connectivity index (χ2n) is 4.61. The lowest BCUT2D eigenvalue weighted by Crippen LogP contribution is -2.50. The molecule has 0 bridgehead atoms. The summed E-state index contributed by atoms with van der Waals surface area (Å²) in [6, 6.07) is 0. The van der Waals surface area contributed by atoms with E-state index in [-0.39, 0.29) is 24.7 Å². The van der Waals surface area contributed by atoms with E-state index in [2.05, 4.69) is 5.32 Å². The van der Waals surface area contributed by atoms with Crippen molar-refractivity contribution in [3.63, 3.8) is 0 Å². The van der Waals surface area contributed by atoms with Crippen molar-refractivity contribution in [2.24, 2.45) is 5.73 Å². The Bertz CT molecular complexity index is 311. The van der Waals surface area contributed by atoms with E-state index in [1.165, 1.54) is 0 Å². The number of carbonyl (C=O) groups excluding carboxylic acids is 2. The number of carbonyl (C=O) groups is 2. The number of amides is 2. The third-order valence-electron chi connectivity index (χ3n) is 3.26. The topological polar surface area (TPSA) is 93.9 Å². The molecule has 0 aliphatic carbocycles. The maximum absolute atomic E-state index is 11.8. The minimum atomic E-state index is -0.749. The van der Waals surface area contributed by atoms with Gasteiger partial charge in [0.2, 0.25) is 5.91 Å². The van der Waals surface area contributed by atoms with Gasteiger partial charge in [-0.1, -0.05) is 0 Å². The van der Waals surface area contributed by atoms with Crippen LogP contribution in [0.4, 0.5) is 4.79 Å². The first-order valence-electron chi connectivity index (χ1n) is 6.21.